The highest BCUT2D eigenvalue weighted by atomic mass is 16.6. The molecule has 1 rings (SSSR count). The maximum atomic E-state index is 12.0. The second-order valence-electron chi connectivity index (χ2n) is 8.12. The number of methoxy groups -OCH3 is 1. The van der Waals surface area contributed by atoms with Gasteiger partial charge in [-0.1, -0.05) is 6.42 Å². The number of nitrogens with zero attached hydrogens (tertiary/aromatic N) is 2. The Morgan fingerprint density at radius 2 is 1.96 bits per heavy atom. The topological polar surface area (TPSA) is 75.2 Å². The number of carbonyl (C=O) groups is 1. The Labute approximate surface area is 158 Å². The minimum atomic E-state index is -0.478. The zero-order chi connectivity index (χ0) is 19.6. The lowest BCUT2D eigenvalue weighted by molar-refractivity contribution is 0.0302. The molecule has 1 amide bonds. The molecular formula is C19H38N4O3. The number of rotatable bonds is 9. The first-order valence-electron chi connectivity index (χ1n) is 9.66. The molecule has 0 bridgehead atoms. The van der Waals surface area contributed by atoms with Gasteiger partial charge in [-0.25, -0.2) is 4.79 Å². The number of nitrogens with one attached hydrogen (secondary N) is 2. The van der Waals surface area contributed by atoms with Gasteiger partial charge in [-0.15, -0.1) is 0 Å². The number of ether oxygens (including phenoxy) is 2. The van der Waals surface area contributed by atoms with Crippen molar-refractivity contribution in [3.63, 3.8) is 0 Å². The molecule has 2 N–H and O–H groups in total. The van der Waals surface area contributed by atoms with Crippen LogP contribution in [0.3, 0.4) is 0 Å². The van der Waals surface area contributed by atoms with Crippen molar-refractivity contribution in [3.8, 4) is 0 Å². The Balaban J connectivity index is 2.45. The van der Waals surface area contributed by atoms with Crippen LogP contribution in [0.25, 0.3) is 0 Å². The van der Waals surface area contributed by atoms with Crippen molar-refractivity contribution in [1.82, 2.24) is 15.5 Å². The van der Waals surface area contributed by atoms with E-state index in [1.165, 1.54) is 19.3 Å². The van der Waals surface area contributed by atoms with Gasteiger partial charge in [0.15, 0.2) is 5.96 Å². The van der Waals surface area contributed by atoms with Gasteiger partial charge in [-0.05, 0) is 52.4 Å². The summed E-state index contributed by atoms with van der Waals surface area (Å²) in [5, 5.41) is 6.58. The van der Waals surface area contributed by atoms with Gasteiger partial charge in [0.25, 0.3) is 0 Å². The minimum absolute atomic E-state index is 0.297. The summed E-state index contributed by atoms with van der Waals surface area (Å²) in [5.74, 6) is 0.800. The molecule has 1 aliphatic rings. The summed E-state index contributed by atoms with van der Waals surface area (Å²) in [6.07, 6.45) is 4.48. The molecule has 26 heavy (non-hydrogen) atoms. The molecule has 1 fully saturated rings. The summed E-state index contributed by atoms with van der Waals surface area (Å²) >= 11 is 0. The number of hydrogen-bond acceptors (Lipinski definition) is 4. The third-order valence-electron chi connectivity index (χ3n) is 4.61. The molecule has 0 heterocycles. The van der Waals surface area contributed by atoms with Crippen LogP contribution < -0.4 is 10.6 Å². The number of likely N-dealkylation sites (N-methyl/N-ethyl adjacent to an activating group) is 1. The normalized spacial score (nSPS) is 16.6. The van der Waals surface area contributed by atoms with E-state index in [0.29, 0.717) is 18.5 Å². The molecule has 0 radical (unpaired) electrons. The summed E-state index contributed by atoms with van der Waals surface area (Å²) in [6, 6.07) is 0. The third kappa shape index (κ3) is 8.25. The number of carbonyl (C=O) groups excluding carboxylic acids is 1. The fourth-order valence-electron chi connectivity index (χ4n) is 2.84. The number of hydrogen-bond donors (Lipinski definition) is 2. The fourth-order valence-corrected chi connectivity index (χ4v) is 2.84. The standard InChI is InChI=1S/C19H38N4O3/c1-7-20-16(22-15-19(9-8-10-19)11-14-25-6)21-12-13-23(5)17(24)26-18(2,3)4/h7-15H2,1-6H3,(H2,20,21,22). The molecule has 0 unspecified atom stereocenters. The van der Waals surface area contributed by atoms with Crippen molar-refractivity contribution >= 4 is 12.1 Å². The zero-order valence-electron chi connectivity index (χ0n) is 17.5. The predicted octanol–water partition coefficient (Wildman–Crippen LogP) is 2.62. The van der Waals surface area contributed by atoms with Crippen LogP contribution >= 0.6 is 0 Å². The molecule has 0 aliphatic heterocycles. The fraction of sp³-hybridized carbons (Fsp3) is 0.895. The maximum absolute atomic E-state index is 12.0. The highest BCUT2D eigenvalue weighted by Gasteiger charge is 2.36. The van der Waals surface area contributed by atoms with Crippen molar-refractivity contribution in [3.05, 3.63) is 0 Å². The van der Waals surface area contributed by atoms with Crippen LogP contribution in [0.1, 0.15) is 53.4 Å². The van der Waals surface area contributed by atoms with E-state index in [4.69, 9.17) is 14.5 Å². The van der Waals surface area contributed by atoms with Crippen molar-refractivity contribution < 1.29 is 14.3 Å². The van der Waals surface area contributed by atoms with Gasteiger partial charge >= 0.3 is 6.09 Å². The van der Waals surface area contributed by atoms with E-state index in [-0.39, 0.29) is 6.09 Å². The van der Waals surface area contributed by atoms with Crippen molar-refractivity contribution in [2.45, 2.75) is 59.0 Å². The van der Waals surface area contributed by atoms with Gasteiger partial charge in [0.05, 0.1) is 0 Å². The van der Waals surface area contributed by atoms with Crippen molar-refractivity contribution in [2.24, 2.45) is 10.4 Å². The molecule has 0 aromatic carbocycles. The van der Waals surface area contributed by atoms with Crippen LogP contribution in [0.2, 0.25) is 0 Å². The summed E-state index contributed by atoms with van der Waals surface area (Å²) in [7, 11) is 3.50. The Morgan fingerprint density at radius 1 is 1.27 bits per heavy atom. The Bertz CT molecular complexity index is 456. The van der Waals surface area contributed by atoms with E-state index in [2.05, 4.69) is 10.6 Å². The molecular weight excluding hydrogens is 332 g/mol. The summed E-state index contributed by atoms with van der Waals surface area (Å²) in [4.78, 5) is 18.3. The average molecular weight is 371 g/mol. The van der Waals surface area contributed by atoms with Crippen LogP contribution in [-0.4, -0.2) is 69.5 Å². The first-order chi connectivity index (χ1) is 12.2. The highest BCUT2D eigenvalue weighted by Crippen LogP contribution is 2.44. The molecule has 0 saturated heterocycles. The monoisotopic (exact) mass is 370 g/mol. The molecule has 0 spiro atoms. The first kappa shape index (κ1) is 22.5. The summed E-state index contributed by atoms with van der Waals surface area (Å²) in [5.41, 5.74) is -0.180. The van der Waals surface area contributed by atoms with Crippen LogP contribution in [0.5, 0.6) is 0 Å². The van der Waals surface area contributed by atoms with E-state index in [1.54, 1.807) is 19.1 Å². The van der Waals surface area contributed by atoms with Crippen LogP contribution in [0.4, 0.5) is 4.79 Å². The van der Waals surface area contributed by atoms with Crippen LogP contribution in [-0.2, 0) is 9.47 Å². The first-order valence-corrected chi connectivity index (χ1v) is 9.66. The molecule has 0 aromatic heterocycles. The Kier molecular flexibility index (Phi) is 9.19. The van der Waals surface area contributed by atoms with E-state index < -0.39 is 5.60 Å². The van der Waals surface area contributed by atoms with Crippen LogP contribution in [0.15, 0.2) is 4.99 Å². The molecule has 152 valence electrons. The van der Waals surface area contributed by atoms with E-state index >= 15 is 0 Å². The van der Waals surface area contributed by atoms with Gasteiger partial charge in [-0.2, -0.15) is 0 Å². The second-order valence-corrected chi connectivity index (χ2v) is 8.12. The summed E-state index contributed by atoms with van der Waals surface area (Å²) in [6.45, 7) is 11.2. The average Bonchev–Trinajstić information content (AvgIpc) is 2.51. The minimum Gasteiger partial charge on any atom is -0.444 e. The number of aliphatic imine (C=N–C) groups is 1. The SMILES string of the molecule is CCNC(=NCC1(CCOC)CCC1)NCCN(C)C(=O)OC(C)(C)C. The number of guanidine groups is 1. The second kappa shape index (κ2) is 10.6. The van der Waals surface area contributed by atoms with E-state index in [1.807, 2.05) is 27.7 Å². The summed E-state index contributed by atoms with van der Waals surface area (Å²) < 4.78 is 10.6. The largest absolute Gasteiger partial charge is 0.444 e. The van der Waals surface area contributed by atoms with E-state index in [0.717, 1.165) is 32.1 Å². The Hall–Kier alpha value is -1.50. The molecule has 0 aromatic rings. The van der Waals surface area contributed by atoms with Gasteiger partial charge in [0.1, 0.15) is 5.60 Å². The number of amides is 1. The molecule has 1 saturated carbocycles. The lowest BCUT2D eigenvalue weighted by Gasteiger charge is -2.40. The zero-order valence-corrected chi connectivity index (χ0v) is 17.5. The van der Waals surface area contributed by atoms with Gasteiger partial charge in [0.2, 0.25) is 0 Å². The van der Waals surface area contributed by atoms with Crippen LogP contribution in [0, 0.1) is 5.41 Å². The maximum Gasteiger partial charge on any atom is 0.410 e. The van der Waals surface area contributed by atoms with Gasteiger partial charge in [-0.3, -0.25) is 4.99 Å². The van der Waals surface area contributed by atoms with Crippen molar-refractivity contribution in [1.29, 1.82) is 0 Å². The Morgan fingerprint density at radius 3 is 2.46 bits per heavy atom. The third-order valence-corrected chi connectivity index (χ3v) is 4.61. The van der Waals surface area contributed by atoms with Gasteiger partial charge in [0, 0.05) is 46.9 Å². The predicted molar refractivity (Wildman–Crippen MR) is 106 cm³/mol. The lowest BCUT2D eigenvalue weighted by Crippen LogP contribution is -2.44. The molecule has 7 heteroatoms. The smallest absolute Gasteiger partial charge is 0.410 e. The molecule has 7 nitrogen and oxygen atoms in total. The molecule has 0 atom stereocenters. The van der Waals surface area contributed by atoms with Gasteiger partial charge < -0.3 is 25.0 Å². The lowest BCUT2D eigenvalue weighted by atomic mass is 9.67. The molecule has 1 aliphatic carbocycles. The quantitative estimate of drug-likeness (QED) is 0.482. The van der Waals surface area contributed by atoms with Crippen molar-refractivity contribution in [2.75, 3.05) is 46.9 Å². The highest BCUT2D eigenvalue weighted by molar-refractivity contribution is 5.79. The van der Waals surface area contributed by atoms with E-state index in [9.17, 15) is 4.79 Å².